The molecule has 5 aromatic rings. The Bertz CT molecular complexity index is 2180. The number of rotatable bonds is 6. The summed E-state index contributed by atoms with van der Waals surface area (Å²) in [6, 6.07) is 16.7. The second-order valence-electron chi connectivity index (χ2n) is 11.7. The summed E-state index contributed by atoms with van der Waals surface area (Å²) in [5.74, 6) is 1.29. The van der Waals surface area contributed by atoms with Gasteiger partial charge in [0, 0.05) is 66.9 Å². The van der Waals surface area contributed by atoms with Crippen molar-refractivity contribution in [3.05, 3.63) is 106 Å². The van der Waals surface area contributed by atoms with Gasteiger partial charge in [0.2, 0.25) is 11.2 Å². The minimum atomic E-state index is -1.20. The summed E-state index contributed by atoms with van der Waals surface area (Å²) in [6.07, 6.45) is 1.22. The van der Waals surface area contributed by atoms with E-state index in [4.69, 9.17) is 23.2 Å². The highest BCUT2D eigenvalue weighted by Crippen LogP contribution is 2.33. The third-order valence-corrected chi connectivity index (χ3v) is 11.6. The molecule has 8 rings (SSSR count). The lowest BCUT2D eigenvalue weighted by Gasteiger charge is -2.36. The predicted octanol–water partition coefficient (Wildman–Crippen LogP) is 6.82. The van der Waals surface area contributed by atoms with Crippen LogP contribution in [0.5, 0.6) is 0 Å². The Morgan fingerprint density at radius 3 is 1.76 bits per heavy atom. The van der Waals surface area contributed by atoms with Crippen LogP contribution in [0.15, 0.2) is 76.5 Å². The van der Waals surface area contributed by atoms with Crippen molar-refractivity contribution < 1.29 is 21.6 Å². The fraction of sp³-hybridized carbons (Fsp3) is 0.235. The summed E-state index contributed by atoms with van der Waals surface area (Å²) in [6.45, 7) is 2.39. The molecule has 0 radical (unpaired) electrons. The molecule has 0 saturated carbocycles. The summed E-state index contributed by atoms with van der Waals surface area (Å²) in [4.78, 5) is 22.6. The topological polar surface area (TPSA) is 116 Å². The number of piperazine rings is 1. The quantitative estimate of drug-likeness (QED) is 0.178. The minimum Gasteiger partial charge on any atom is -0.366 e. The first-order chi connectivity index (χ1) is 24.6. The van der Waals surface area contributed by atoms with Crippen molar-refractivity contribution >= 4 is 79.4 Å². The Morgan fingerprint density at radius 2 is 1.20 bits per heavy atom. The molecule has 2 unspecified atom stereocenters. The van der Waals surface area contributed by atoms with Crippen LogP contribution in [0.3, 0.4) is 0 Å². The zero-order valence-electron chi connectivity index (χ0n) is 26.7. The Labute approximate surface area is 306 Å². The van der Waals surface area contributed by atoms with E-state index in [1.165, 1.54) is 30.3 Å². The first-order valence-corrected chi connectivity index (χ1v) is 19.2. The fourth-order valence-corrected chi connectivity index (χ4v) is 8.91. The van der Waals surface area contributed by atoms with Gasteiger partial charge in [-0.2, -0.15) is 9.97 Å². The lowest BCUT2D eigenvalue weighted by Crippen LogP contribution is -2.47. The van der Waals surface area contributed by atoms with Crippen LogP contribution in [0.1, 0.15) is 11.4 Å². The Morgan fingerprint density at radius 1 is 0.647 bits per heavy atom. The molecule has 2 N–H and O–H groups in total. The third-order valence-electron chi connectivity index (χ3n) is 8.32. The lowest BCUT2D eigenvalue weighted by atomic mass is 10.2. The monoisotopic (exact) mass is 772 g/mol. The molecule has 1 saturated heterocycles. The van der Waals surface area contributed by atoms with Crippen molar-refractivity contribution in [1.29, 1.82) is 0 Å². The van der Waals surface area contributed by atoms with Crippen molar-refractivity contribution in [3.63, 3.8) is 0 Å². The van der Waals surface area contributed by atoms with Gasteiger partial charge in [-0.3, -0.25) is 8.42 Å². The average Bonchev–Trinajstić information content (AvgIpc) is 3.67. The number of nitrogens with one attached hydrogen (secondary N) is 2. The number of hydrogen-bond acceptors (Lipinski definition) is 10. The number of benzene rings is 3. The molecule has 3 aromatic carbocycles. The van der Waals surface area contributed by atoms with Crippen molar-refractivity contribution in [1.82, 2.24) is 19.9 Å². The van der Waals surface area contributed by atoms with Crippen LogP contribution in [0, 0.1) is 17.5 Å². The normalized spacial score (nSPS) is 17.7. The zero-order valence-corrected chi connectivity index (χ0v) is 29.9. The molecule has 1 fully saturated rings. The molecule has 5 heterocycles. The van der Waals surface area contributed by atoms with Crippen LogP contribution >= 0.6 is 23.2 Å². The highest BCUT2D eigenvalue weighted by molar-refractivity contribution is 7.85. The first kappa shape index (κ1) is 35.1. The SMILES string of the molecule is O=S1CCc2nc(Cl)nc(Nc3cccc(F)c3)c21.O=S1CCc2nc(N3CCN(c4ccc(Cl)cc4F)CC3)nc(Nc3cccc(F)c3)c21. The maximum atomic E-state index is 14.3. The zero-order chi connectivity index (χ0) is 35.6. The van der Waals surface area contributed by atoms with E-state index in [1.54, 1.807) is 36.4 Å². The number of anilines is 6. The third kappa shape index (κ3) is 7.96. The minimum absolute atomic E-state index is 0.0940. The van der Waals surface area contributed by atoms with Gasteiger partial charge in [-0.15, -0.1) is 0 Å². The lowest BCUT2D eigenvalue weighted by molar-refractivity contribution is 0.593. The van der Waals surface area contributed by atoms with Crippen LogP contribution < -0.4 is 20.4 Å². The molecule has 264 valence electrons. The molecule has 0 amide bonds. The predicted molar refractivity (Wildman–Crippen MR) is 194 cm³/mol. The van der Waals surface area contributed by atoms with Crippen LogP contribution in [0.25, 0.3) is 0 Å². The van der Waals surface area contributed by atoms with E-state index in [0.29, 0.717) is 106 Å². The first-order valence-electron chi connectivity index (χ1n) is 15.9. The van der Waals surface area contributed by atoms with Gasteiger partial charge in [0.05, 0.1) is 38.7 Å². The number of aromatic nitrogens is 4. The average molecular weight is 774 g/mol. The van der Waals surface area contributed by atoms with Gasteiger partial charge in [0.1, 0.15) is 27.2 Å². The van der Waals surface area contributed by atoms with Gasteiger partial charge in [0.15, 0.2) is 11.6 Å². The van der Waals surface area contributed by atoms with Crippen LogP contribution in [0.4, 0.5) is 47.8 Å². The van der Waals surface area contributed by atoms with E-state index in [9.17, 15) is 21.6 Å². The Kier molecular flexibility index (Phi) is 10.4. The van der Waals surface area contributed by atoms with E-state index in [1.807, 2.05) is 9.80 Å². The maximum absolute atomic E-state index is 14.3. The molecule has 2 atom stereocenters. The van der Waals surface area contributed by atoms with Crippen molar-refractivity contribution in [2.75, 3.05) is 58.1 Å². The summed E-state index contributed by atoms with van der Waals surface area (Å²) in [5, 5.41) is 6.53. The molecule has 17 heteroatoms. The van der Waals surface area contributed by atoms with Crippen molar-refractivity contribution in [2.45, 2.75) is 22.6 Å². The molecule has 0 aliphatic carbocycles. The van der Waals surface area contributed by atoms with Crippen LogP contribution in [0.2, 0.25) is 10.3 Å². The highest BCUT2D eigenvalue weighted by atomic mass is 35.5. The largest absolute Gasteiger partial charge is 0.366 e. The van der Waals surface area contributed by atoms with E-state index in [-0.39, 0.29) is 22.7 Å². The smallest absolute Gasteiger partial charge is 0.227 e. The molecule has 10 nitrogen and oxygen atoms in total. The Balaban J connectivity index is 0.000000182. The van der Waals surface area contributed by atoms with Crippen molar-refractivity contribution in [2.24, 2.45) is 0 Å². The van der Waals surface area contributed by atoms with Gasteiger partial charge >= 0.3 is 0 Å². The number of fused-ring (bicyclic) bond motifs is 2. The molecule has 51 heavy (non-hydrogen) atoms. The summed E-state index contributed by atoms with van der Waals surface area (Å²) in [5.41, 5.74) is 3.02. The van der Waals surface area contributed by atoms with Gasteiger partial charge in [-0.25, -0.2) is 23.1 Å². The summed E-state index contributed by atoms with van der Waals surface area (Å²) in [7, 11) is -2.33. The number of aryl methyl sites for hydroxylation is 2. The number of halogens is 5. The molecular weight excluding hydrogens is 744 g/mol. The fourth-order valence-electron chi connectivity index (χ4n) is 5.95. The molecule has 3 aliphatic heterocycles. The van der Waals surface area contributed by atoms with E-state index in [0.717, 1.165) is 5.69 Å². The standard InChI is InChI=1S/C22H20ClF2N5OS.C12H9ClFN3OS/c23-14-4-5-19(17(25)12-14)29-7-9-30(10-8-29)22-27-18-6-11-32(31)20(18)21(28-22)26-16-3-1-2-15(24)13-16;13-12-16-9-4-5-19(18)10(9)11(17-12)15-8-3-1-2-7(14)6-8/h1-5,12-13H,6-11H2,(H,26,27,28);1-3,6H,4-5H2,(H,15,16,17). The second kappa shape index (κ2) is 15.1. The van der Waals surface area contributed by atoms with Gasteiger partial charge in [-0.1, -0.05) is 23.7 Å². The van der Waals surface area contributed by atoms with Gasteiger partial charge in [-0.05, 0) is 66.2 Å². The molecule has 0 bridgehead atoms. The van der Waals surface area contributed by atoms with E-state index < -0.39 is 21.6 Å². The second-order valence-corrected chi connectivity index (χ2v) is 15.5. The van der Waals surface area contributed by atoms with Crippen molar-refractivity contribution in [3.8, 4) is 0 Å². The van der Waals surface area contributed by atoms with Gasteiger partial charge < -0.3 is 20.4 Å². The number of hydrogen-bond donors (Lipinski definition) is 2. The molecule has 2 aromatic heterocycles. The van der Waals surface area contributed by atoms with Gasteiger partial charge in [0.25, 0.3) is 0 Å². The summed E-state index contributed by atoms with van der Waals surface area (Å²) < 4.78 is 65.5. The Hall–Kier alpha value is -4.31. The molecule has 0 spiro atoms. The molecular formula is C34H29Cl2F3N8O2S2. The molecule has 3 aliphatic rings. The van der Waals surface area contributed by atoms with Crippen LogP contribution in [-0.2, 0) is 34.4 Å². The maximum Gasteiger partial charge on any atom is 0.227 e. The van der Waals surface area contributed by atoms with E-state index in [2.05, 4.69) is 30.6 Å². The number of nitrogens with zero attached hydrogens (tertiary/aromatic N) is 6. The van der Waals surface area contributed by atoms with E-state index >= 15 is 0 Å². The van der Waals surface area contributed by atoms with Crippen LogP contribution in [-0.4, -0.2) is 66.0 Å². The highest BCUT2D eigenvalue weighted by Gasteiger charge is 2.29. The summed E-state index contributed by atoms with van der Waals surface area (Å²) >= 11 is 11.7.